The van der Waals surface area contributed by atoms with Gasteiger partial charge in [0.15, 0.2) is 0 Å². The van der Waals surface area contributed by atoms with Crippen LogP contribution in [0, 0.1) is 11.8 Å². The highest BCUT2D eigenvalue weighted by Gasteiger charge is 2.17. The molecule has 0 unspecified atom stereocenters. The summed E-state index contributed by atoms with van der Waals surface area (Å²) in [5, 5.41) is 3.52. The van der Waals surface area contributed by atoms with Gasteiger partial charge in [0, 0.05) is 12.2 Å². The number of rotatable bonds is 4. The van der Waals surface area contributed by atoms with Crippen LogP contribution in [0.1, 0.15) is 32.6 Å². The van der Waals surface area contributed by atoms with Gasteiger partial charge in [0.05, 0.1) is 7.11 Å². The molecule has 0 aliphatic heterocycles. The summed E-state index contributed by atoms with van der Waals surface area (Å²) in [5.74, 6) is 2.71. The van der Waals surface area contributed by atoms with Gasteiger partial charge >= 0.3 is 0 Å². The quantitative estimate of drug-likeness (QED) is 0.850. The molecular weight excluding hydrogens is 210 g/mol. The minimum absolute atomic E-state index is 0.855. The van der Waals surface area contributed by atoms with Gasteiger partial charge < -0.3 is 10.1 Å². The maximum atomic E-state index is 5.15. The monoisotopic (exact) mass is 233 g/mol. The van der Waals surface area contributed by atoms with Crippen LogP contribution < -0.4 is 10.1 Å². The van der Waals surface area contributed by atoms with Gasteiger partial charge in [-0.1, -0.05) is 19.8 Å². The van der Waals surface area contributed by atoms with Crippen LogP contribution in [0.3, 0.4) is 0 Å². The first-order chi connectivity index (χ1) is 8.28. The van der Waals surface area contributed by atoms with Crippen molar-refractivity contribution < 1.29 is 4.74 Å². The minimum Gasteiger partial charge on any atom is -0.497 e. The molecule has 0 saturated heterocycles. The van der Waals surface area contributed by atoms with Gasteiger partial charge in [-0.3, -0.25) is 0 Å². The van der Waals surface area contributed by atoms with Crippen LogP contribution in [0.15, 0.2) is 24.3 Å². The molecule has 0 heterocycles. The summed E-state index contributed by atoms with van der Waals surface area (Å²) in [6.07, 6.45) is 5.55. The van der Waals surface area contributed by atoms with E-state index in [9.17, 15) is 0 Å². The Balaban J connectivity index is 1.77. The van der Waals surface area contributed by atoms with Crippen molar-refractivity contribution >= 4 is 5.69 Å². The third-order valence-corrected chi connectivity index (χ3v) is 3.82. The summed E-state index contributed by atoms with van der Waals surface area (Å²) in [6, 6.07) is 8.19. The Labute approximate surface area is 104 Å². The number of methoxy groups -OCH3 is 1. The van der Waals surface area contributed by atoms with Gasteiger partial charge in [-0.05, 0) is 48.9 Å². The van der Waals surface area contributed by atoms with Crippen LogP contribution in [-0.4, -0.2) is 13.7 Å². The zero-order valence-corrected chi connectivity index (χ0v) is 10.9. The summed E-state index contributed by atoms with van der Waals surface area (Å²) in [5.41, 5.74) is 1.20. The number of nitrogens with one attached hydrogen (secondary N) is 1. The number of ether oxygens (including phenoxy) is 1. The van der Waals surface area contributed by atoms with Crippen LogP contribution in [0.4, 0.5) is 5.69 Å². The van der Waals surface area contributed by atoms with Gasteiger partial charge in [0.1, 0.15) is 5.75 Å². The van der Waals surface area contributed by atoms with Crippen molar-refractivity contribution in [1.82, 2.24) is 0 Å². The summed E-state index contributed by atoms with van der Waals surface area (Å²) in [6.45, 7) is 3.48. The highest BCUT2D eigenvalue weighted by Crippen LogP contribution is 2.28. The second-order valence-electron chi connectivity index (χ2n) is 5.24. The Morgan fingerprint density at radius 3 is 2.35 bits per heavy atom. The Bertz CT molecular complexity index is 325. The number of hydrogen-bond acceptors (Lipinski definition) is 2. The van der Waals surface area contributed by atoms with Crippen LogP contribution >= 0.6 is 0 Å². The third kappa shape index (κ3) is 3.65. The molecule has 2 heteroatoms. The van der Waals surface area contributed by atoms with Crippen molar-refractivity contribution in [2.24, 2.45) is 11.8 Å². The van der Waals surface area contributed by atoms with E-state index < -0.39 is 0 Å². The maximum absolute atomic E-state index is 5.15. The van der Waals surface area contributed by atoms with E-state index in [-0.39, 0.29) is 0 Å². The van der Waals surface area contributed by atoms with Gasteiger partial charge in [-0.2, -0.15) is 0 Å². The molecule has 0 aromatic heterocycles. The van der Waals surface area contributed by atoms with Crippen molar-refractivity contribution in [3.8, 4) is 5.75 Å². The Hall–Kier alpha value is -1.18. The first-order valence-corrected chi connectivity index (χ1v) is 6.66. The van der Waals surface area contributed by atoms with E-state index in [2.05, 4.69) is 24.4 Å². The van der Waals surface area contributed by atoms with Gasteiger partial charge in [0.25, 0.3) is 0 Å². The van der Waals surface area contributed by atoms with E-state index in [0.29, 0.717) is 0 Å². The molecule has 94 valence electrons. The van der Waals surface area contributed by atoms with Crippen molar-refractivity contribution in [1.29, 1.82) is 0 Å². The zero-order valence-electron chi connectivity index (χ0n) is 10.9. The standard InChI is InChI=1S/C15H23NO/c1-12-3-5-13(6-4-12)11-16-14-7-9-15(17-2)10-8-14/h7-10,12-13,16H,3-6,11H2,1-2H3. The first-order valence-electron chi connectivity index (χ1n) is 6.66. The average molecular weight is 233 g/mol. The van der Waals surface area contributed by atoms with E-state index >= 15 is 0 Å². The largest absolute Gasteiger partial charge is 0.497 e. The van der Waals surface area contributed by atoms with E-state index in [4.69, 9.17) is 4.74 Å². The average Bonchev–Trinajstić information content (AvgIpc) is 2.39. The summed E-state index contributed by atoms with van der Waals surface area (Å²) in [4.78, 5) is 0. The third-order valence-electron chi connectivity index (χ3n) is 3.82. The van der Waals surface area contributed by atoms with Gasteiger partial charge in [-0.25, -0.2) is 0 Å². The molecule has 2 nitrogen and oxygen atoms in total. The molecule has 1 fully saturated rings. The molecule has 1 aromatic carbocycles. The molecule has 0 amide bonds. The summed E-state index contributed by atoms with van der Waals surface area (Å²) < 4.78 is 5.15. The first kappa shape index (κ1) is 12.3. The van der Waals surface area contributed by atoms with Crippen LogP contribution in [-0.2, 0) is 0 Å². The topological polar surface area (TPSA) is 21.3 Å². The molecule has 2 rings (SSSR count). The second kappa shape index (κ2) is 5.95. The minimum atomic E-state index is 0.855. The van der Waals surface area contributed by atoms with Crippen LogP contribution in [0.5, 0.6) is 5.75 Å². The number of benzene rings is 1. The fraction of sp³-hybridized carbons (Fsp3) is 0.600. The van der Waals surface area contributed by atoms with E-state index in [1.165, 1.54) is 31.4 Å². The molecule has 0 bridgehead atoms. The van der Waals surface area contributed by atoms with Crippen LogP contribution in [0.25, 0.3) is 0 Å². The Morgan fingerprint density at radius 1 is 1.12 bits per heavy atom. The fourth-order valence-electron chi connectivity index (χ4n) is 2.50. The van der Waals surface area contributed by atoms with E-state index in [0.717, 1.165) is 24.1 Å². The highest BCUT2D eigenvalue weighted by atomic mass is 16.5. The SMILES string of the molecule is COc1ccc(NCC2CCC(C)CC2)cc1. The number of anilines is 1. The highest BCUT2D eigenvalue weighted by molar-refractivity contribution is 5.46. The molecule has 17 heavy (non-hydrogen) atoms. The van der Waals surface area contributed by atoms with Crippen molar-refractivity contribution in [2.45, 2.75) is 32.6 Å². The van der Waals surface area contributed by atoms with Crippen LogP contribution in [0.2, 0.25) is 0 Å². The predicted molar refractivity (Wildman–Crippen MR) is 72.6 cm³/mol. The van der Waals surface area contributed by atoms with E-state index in [1.807, 2.05) is 12.1 Å². The van der Waals surface area contributed by atoms with Gasteiger partial charge in [0.2, 0.25) is 0 Å². The fourth-order valence-corrected chi connectivity index (χ4v) is 2.50. The molecule has 1 N–H and O–H groups in total. The van der Waals surface area contributed by atoms with Crippen molar-refractivity contribution in [2.75, 3.05) is 19.0 Å². The molecular formula is C15H23NO. The predicted octanol–water partition coefficient (Wildman–Crippen LogP) is 3.93. The van der Waals surface area contributed by atoms with Gasteiger partial charge in [-0.15, -0.1) is 0 Å². The lowest BCUT2D eigenvalue weighted by molar-refractivity contribution is 0.300. The lowest BCUT2D eigenvalue weighted by Gasteiger charge is -2.26. The summed E-state index contributed by atoms with van der Waals surface area (Å²) in [7, 11) is 1.70. The molecule has 0 spiro atoms. The lowest BCUT2D eigenvalue weighted by Crippen LogP contribution is -2.20. The molecule has 1 saturated carbocycles. The molecule has 0 radical (unpaired) electrons. The maximum Gasteiger partial charge on any atom is 0.119 e. The molecule has 1 aliphatic carbocycles. The Kier molecular flexibility index (Phi) is 4.29. The number of hydrogen-bond donors (Lipinski definition) is 1. The smallest absolute Gasteiger partial charge is 0.119 e. The molecule has 1 aliphatic rings. The van der Waals surface area contributed by atoms with E-state index in [1.54, 1.807) is 7.11 Å². The Morgan fingerprint density at radius 2 is 1.76 bits per heavy atom. The van der Waals surface area contributed by atoms with Crippen molar-refractivity contribution in [3.63, 3.8) is 0 Å². The second-order valence-corrected chi connectivity index (χ2v) is 5.24. The molecule has 0 atom stereocenters. The zero-order chi connectivity index (χ0) is 12.1. The lowest BCUT2D eigenvalue weighted by atomic mass is 9.83. The van der Waals surface area contributed by atoms with Crippen molar-refractivity contribution in [3.05, 3.63) is 24.3 Å². The normalized spacial score (nSPS) is 24.4. The summed E-state index contributed by atoms with van der Waals surface area (Å²) >= 11 is 0. The molecule has 1 aromatic rings.